The lowest BCUT2D eigenvalue weighted by molar-refractivity contribution is 0.386. The lowest BCUT2D eigenvalue weighted by Gasteiger charge is -2.23. The predicted octanol–water partition coefficient (Wildman–Crippen LogP) is 1.43. The summed E-state index contributed by atoms with van der Waals surface area (Å²) in [4.78, 5) is 0. The van der Waals surface area contributed by atoms with Gasteiger partial charge in [-0.3, -0.25) is 5.32 Å². The van der Waals surface area contributed by atoms with Crippen LogP contribution < -0.4 is 5.32 Å². The Morgan fingerprint density at radius 1 is 1.40 bits per heavy atom. The van der Waals surface area contributed by atoms with Crippen molar-refractivity contribution in [2.24, 2.45) is 0 Å². The van der Waals surface area contributed by atoms with Gasteiger partial charge in [0.05, 0.1) is 6.07 Å². The van der Waals surface area contributed by atoms with Gasteiger partial charge in [0, 0.05) is 5.54 Å². The van der Waals surface area contributed by atoms with Crippen molar-refractivity contribution in [3.63, 3.8) is 0 Å². The maximum atomic E-state index is 8.71. The fourth-order valence-electron chi connectivity index (χ4n) is 1.11. The summed E-state index contributed by atoms with van der Waals surface area (Å²) in [6.07, 6.45) is 2.03. The van der Waals surface area contributed by atoms with E-state index in [-0.39, 0.29) is 11.1 Å². The van der Waals surface area contributed by atoms with Crippen LogP contribution in [0.15, 0.2) is 0 Å². The van der Waals surface area contributed by atoms with Crippen LogP contribution >= 0.6 is 0 Å². The van der Waals surface area contributed by atoms with E-state index in [9.17, 15) is 0 Å². The molecule has 1 aliphatic rings. The summed E-state index contributed by atoms with van der Waals surface area (Å²) in [5.74, 6) is 0. The van der Waals surface area contributed by atoms with E-state index in [2.05, 4.69) is 32.2 Å². The molecule has 0 atom stereocenters. The van der Waals surface area contributed by atoms with Gasteiger partial charge in [0.1, 0.15) is 5.54 Å². The second-order valence-electron chi connectivity index (χ2n) is 4.07. The zero-order valence-corrected chi connectivity index (χ0v) is 6.86. The second kappa shape index (κ2) is 1.96. The number of nitrogens with one attached hydrogen (secondary N) is 1. The van der Waals surface area contributed by atoms with Gasteiger partial charge in [0.15, 0.2) is 0 Å². The molecule has 1 saturated carbocycles. The number of nitriles is 1. The lowest BCUT2D eigenvalue weighted by atomic mass is 10.1. The molecule has 0 unspecified atom stereocenters. The fraction of sp³-hybridized carbons (Fsp3) is 0.875. The van der Waals surface area contributed by atoms with Gasteiger partial charge in [-0.25, -0.2) is 0 Å². The third-order valence-corrected chi connectivity index (χ3v) is 1.58. The van der Waals surface area contributed by atoms with Crippen molar-refractivity contribution in [2.45, 2.75) is 44.7 Å². The molecule has 0 spiro atoms. The SMILES string of the molecule is CC(C)(C)NC1(C#N)CC1. The van der Waals surface area contributed by atoms with E-state index in [1.807, 2.05) is 0 Å². The average molecular weight is 138 g/mol. The molecule has 1 fully saturated rings. The molecule has 0 bridgehead atoms. The highest BCUT2D eigenvalue weighted by atomic mass is 15.1. The highest BCUT2D eigenvalue weighted by Gasteiger charge is 2.45. The molecule has 2 nitrogen and oxygen atoms in total. The Labute approximate surface area is 62.2 Å². The molecule has 2 heteroatoms. The molecular formula is C8H14N2. The van der Waals surface area contributed by atoms with Crippen LogP contribution in [0.5, 0.6) is 0 Å². The van der Waals surface area contributed by atoms with Crippen LogP contribution in [0.3, 0.4) is 0 Å². The van der Waals surface area contributed by atoms with E-state index in [0.29, 0.717) is 0 Å². The molecule has 10 heavy (non-hydrogen) atoms. The highest BCUT2D eigenvalue weighted by molar-refractivity contribution is 5.19. The minimum atomic E-state index is -0.168. The normalized spacial score (nSPS) is 21.8. The summed E-state index contributed by atoms with van der Waals surface area (Å²) in [5.41, 5.74) is -0.0928. The Morgan fingerprint density at radius 2 is 1.90 bits per heavy atom. The van der Waals surface area contributed by atoms with Crippen molar-refractivity contribution >= 4 is 0 Å². The summed E-state index contributed by atoms with van der Waals surface area (Å²) in [5, 5.41) is 12.0. The van der Waals surface area contributed by atoms with Gasteiger partial charge in [0.25, 0.3) is 0 Å². The van der Waals surface area contributed by atoms with E-state index < -0.39 is 0 Å². The summed E-state index contributed by atoms with van der Waals surface area (Å²) in [6, 6.07) is 2.30. The van der Waals surface area contributed by atoms with Crippen LogP contribution in [0.2, 0.25) is 0 Å². The van der Waals surface area contributed by atoms with E-state index >= 15 is 0 Å². The first-order chi connectivity index (χ1) is 4.47. The topological polar surface area (TPSA) is 35.8 Å². The smallest absolute Gasteiger partial charge is 0.107 e. The Kier molecular flexibility index (Phi) is 1.48. The van der Waals surface area contributed by atoms with E-state index in [4.69, 9.17) is 5.26 Å². The molecule has 1 aliphatic carbocycles. The summed E-state index contributed by atoms with van der Waals surface area (Å²) in [7, 11) is 0. The largest absolute Gasteiger partial charge is 0.295 e. The first kappa shape index (κ1) is 7.56. The molecule has 0 saturated heterocycles. The van der Waals surface area contributed by atoms with Crippen molar-refractivity contribution in [1.82, 2.24) is 5.32 Å². The molecule has 56 valence electrons. The van der Waals surface area contributed by atoms with Crippen molar-refractivity contribution in [2.75, 3.05) is 0 Å². The highest BCUT2D eigenvalue weighted by Crippen LogP contribution is 2.36. The number of hydrogen-bond donors (Lipinski definition) is 1. The number of hydrogen-bond acceptors (Lipinski definition) is 2. The zero-order chi connectivity index (χ0) is 7.83. The van der Waals surface area contributed by atoms with Crippen LogP contribution in [0.25, 0.3) is 0 Å². The van der Waals surface area contributed by atoms with Crippen LogP contribution in [0.4, 0.5) is 0 Å². The summed E-state index contributed by atoms with van der Waals surface area (Å²) < 4.78 is 0. The van der Waals surface area contributed by atoms with Crippen molar-refractivity contribution < 1.29 is 0 Å². The van der Waals surface area contributed by atoms with E-state index in [0.717, 1.165) is 12.8 Å². The Hall–Kier alpha value is -0.550. The van der Waals surface area contributed by atoms with Crippen LogP contribution in [-0.4, -0.2) is 11.1 Å². The quantitative estimate of drug-likeness (QED) is 0.595. The van der Waals surface area contributed by atoms with Crippen LogP contribution in [-0.2, 0) is 0 Å². The van der Waals surface area contributed by atoms with Gasteiger partial charge in [-0.2, -0.15) is 5.26 Å². The zero-order valence-electron chi connectivity index (χ0n) is 6.86. The summed E-state index contributed by atoms with van der Waals surface area (Å²) in [6.45, 7) is 6.26. The number of rotatable bonds is 1. The fourth-order valence-corrected chi connectivity index (χ4v) is 1.11. The first-order valence-corrected chi connectivity index (χ1v) is 3.68. The minimum Gasteiger partial charge on any atom is -0.295 e. The van der Waals surface area contributed by atoms with Gasteiger partial charge in [-0.05, 0) is 33.6 Å². The Balaban J connectivity index is 2.48. The minimum absolute atomic E-state index is 0.0756. The van der Waals surface area contributed by atoms with Gasteiger partial charge < -0.3 is 0 Å². The van der Waals surface area contributed by atoms with Crippen LogP contribution in [0.1, 0.15) is 33.6 Å². The van der Waals surface area contributed by atoms with E-state index in [1.54, 1.807) is 0 Å². The van der Waals surface area contributed by atoms with Crippen molar-refractivity contribution in [3.05, 3.63) is 0 Å². The third kappa shape index (κ3) is 1.71. The van der Waals surface area contributed by atoms with Gasteiger partial charge in [0.2, 0.25) is 0 Å². The van der Waals surface area contributed by atoms with Gasteiger partial charge in [-0.1, -0.05) is 0 Å². The third-order valence-electron chi connectivity index (χ3n) is 1.58. The molecule has 1 N–H and O–H groups in total. The Morgan fingerprint density at radius 3 is 2.00 bits per heavy atom. The lowest BCUT2D eigenvalue weighted by Crippen LogP contribution is -2.44. The maximum Gasteiger partial charge on any atom is 0.107 e. The average Bonchev–Trinajstić information content (AvgIpc) is 2.45. The molecule has 0 aromatic carbocycles. The molecule has 0 radical (unpaired) electrons. The molecule has 0 aromatic rings. The Bertz CT molecular complexity index is 167. The monoisotopic (exact) mass is 138 g/mol. The summed E-state index contributed by atoms with van der Waals surface area (Å²) >= 11 is 0. The van der Waals surface area contributed by atoms with Crippen molar-refractivity contribution in [3.8, 4) is 6.07 Å². The van der Waals surface area contributed by atoms with Gasteiger partial charge >= 0.3 is 0 Å². The van der Waals surface area contributed by atoms with Crippen LogP contribution in [0, 0.1) is 11.3 Å². The number of nitrogens with zero attached hydrogens (tertiary/aromatic N) is 1. The predicted molar refractivity (Wildman–Crippen MR) is 40.5 cm³/mol. The molecular weight excluding hydrogens is 124 g/mol. The van der Waals surface area contributed by atoms with Crippen molar-refractivity contribution in [1.29, 1.82) is 5.26 Å². The van der Waals surface area contributed by atoms with Gasteiger partial charge in [-0.15, -0.1) is 0 Å². The maximum absolute atomic E-state index is 8.71. The second-order valence-corrected chi connectivity index (χ2v) is 4.07. The molecule has 1 rings (SSSR count). The molecule has 0 heterocycles. The standard InChI is InChI=1S/C8H14N2/c1-7(2,3)10-8(6-9)4-5-8/h10H,4-5H2,1-3H3. The van der Waals surface area contributed by atoms with E-state index in [1.165, 1.54) is 0 Å². The molecule has 0 aromatic heterocycles. The molecule has 0 aliphatic heterocycles. The first-order valence-electron chi connectivity index (χ1n) is 3.68. The molecule has 0 amide bonds.